The summed E-state index contributed by atoms with van der Waals surface area (Å²) >= 11 is 0. The first-order valence-corrected chi connectivity index (χ1v) is 11.7. The first-order chi connectivity index (χ1) is 17.2. The van der Waals surface area contributed by atoms with E-state index in [2.05, 4.69) is 10.3 Å². The van der Waals surface area contributed by atoms with Gasteiger partial charge in [-0.05, 0) is 42.7 Å². The van der Waals surface area contributed by atoms with Gasteiger partial charge in [-0.15, -0.1) is 0 Å². The largest absolute Gasteiger partial charge is 0.474 e. The number of halogens is 4. The number of aliphatic hydroxyl groups excluding tert-OH is 1. The zero-order chi connectivity index (χ0) is 25.9. The predicted octanol–water partition coefficient (Wildman–Crippen LogP) is 3.82. The van der Waals surface area contributed by atoms with Gasteiger partial charge >= 0.3 is 12.2 Å². The number of pyridine rings is 1. The Bertz CT molecular complexity index is 1090. The lowest BCUT2D eigenvalue weighted by atomic mass is 10.00. The Labute approximate surface area is 205 Å². The summed E-state index contributed by atoms with van der Waals surface area (Å²) in [5.74, 6) is -1.94. The molecule has 2 saturated heterocycles. The van der Waals surface area contributed by atoms with Gasteiger partial charge in [0.1, 0.15) is 18.1 Å². The number of hydrogen-bond donors (Lipinski definition) is 2. The van der Waals surface area contributed by atoms with Crippen molar-refractivity contribution in [2.45, 2.75) is 19.5 Å². The molecule has 2 N–H and O–H groups in total. The summed E-state index contributed by atoms with van der Waals surface area (Å²) in [4.78, 5) is 20.1. The molecule has 2 amide bonds. The average molecular weight is 513 g/mol. The summed E-state index contributed by atoms with van der Waals surface area (Å²) in [5, 5.41) is 11.6. The van der Waals surface area contributed by atoms with Crippen molar-refractivity contribution in [3.63, 3.8) is 0 Å². The van der Waals surface area contributed by atoms with Gasteiger partial charge in [0.25, 0.3) is 0 Å². The molecule has 0 saturated carbocycles. The Kier molecular flexibility index (Phi) is 7.84. The maximum atomic E-state index is 14.7. The average Bonchev–Trinajstić information content (AvgIpc) is 3.36. The van der Waals surface area contributed by atoms with E-state index >= 15 is 0 Å². The van der Waals surface area contributed by atoms with Crippen molar-refractivity contribution in [2.75, 3.05) is 62.8 Å². The monoisotopic (exact) mass is 512 g/mol. The minimum atomic E-state index is -4.38. The highest BCUT2D eigenvalue weighted by molar-refractivity contribution is 5.91. The number of aromatic nitrogens is 1. The Morgan fingerprint density at radius 1 is 1.25 bits per heavy atom. The normalized spacial score (nSPS) is 18.4. The number of urea groups is 1. The minimum absolute atomic E-state index is 0.0571. The Morgan fingerprint density at radius 3 is 2.67 bits per heavy atom. The third-order valence-corrected chi connectivity index (χ3v) is 6.32. The molecular formula is C24H28F4N4O4. The predicted molar refractivity (Wildman–Crippen MR) is 125 cm³/mol. The molecule has 2 aromatic rings. The number of ether oxygens (including phenoxy) is 2. The van der Waals surface area contributed by atoms with Crippen LogP contribution in [0.1, 0.15) is 12.0 Å². The fraction of sp³-hybridized carbons (Fsp3) is 0.500. The van der Waals surface area contributed by atoms with Gasteiger partial charge in [0.15, 0.2) is 0 Å². The van der Waals surface area contributed by atoms with Crippen LogP contribution in [-0.4, -0.2) is 79.8 Å². The van der Waals surface area contributed by atoms with Crippen LogP contribution in [0, 0.1) is 18.7 Å². The van der Waals surface area contributed by atoms with Gasteiger partial charge in [-0.25, -0.2) is 14.2 Å². The molecule has 1 unspecified atom stereocenters. The molecule has 0 aliphatic carbocycles. The van der Waals surface area contributed by atoms with Crippen molar-refractivity contribution >= 4 is 17.4 Å². The number of benzene rings is 1. The Morgan fingerprint density at radius 2 is 2.00 bits per heavy atom. The van der Waals surface area contributed by atoms with E-state index in [1.807, 2.05) is 11.0 Å². The van der Waals surface area contributed by atoms with Crippen molar-refractivity contribution in [2.24, 2.45) is 5.92 Å². The van der Waals surface area contributed by atoms with Gasteiger partial charge in [-0.2, -0.15) is 13.2 Å². The Hall–Kier alpha value is -3.12. The second-order valence-corrected chi connectivity index (χ2v) is 8.77. The van der Waals surface area contributed by atoms with Crippen molar-refractivity contribution < 1.29 is 36.9 Å². The molecule has 1 aromatic heterocycles. The number of nitrogens with zero attached hydrogens (tertiary/aromatic N) is 3. The number of anilines is 2. The number of hydrogen-bond acceptors (Lipinski definition) is 6. The number of likely N-dealkylation sites (tertiary alicyclic amines) is 1. The SMILES string of the molecule is Cc1cc(F)c(NC(=O)N2CCC(C(F)(F)F)C2)cc1-c1cnc(OCCO)c(N2CCOCC2)c1. The van der Waals surface area contributed by atoms with E-state index < -0.39 is 30.5 Å². The number of aryl methyl sites for hydroxylation is 1. The topological polar surface area (TPSA) is 87.2 Å². The zero-order valence-corrected chi connectivity index (χ0v) is 19.8. The van der Waals surface area contributed by atoms with E-state index in [1.165, 1.54) is 12.1 Å². The summed E-state index contributed by atoms with van der Waals surface area (Å²) in [6, 6.07) is 3.77. The third kappa shape index (κ3) is 5.81. The number of rotatable bonds is 6. The summed E-state index contributed by atoms with van der Waals surface area (Å²) in [6.07, 6.45) is -3.01. The van der Waals surface area contributed by atoms with Crippen LogP contribution in [0.5, 0.6) is 5.88 Å². The highest BCUT2D eigenvalue weighted by Crippen LogP contribution is 2.36. The van der Waals surface area contributed by atoms with Crippen LogP contribution < -0.4 is 15.0 Å². The van der Waals surface area contributed by atoms with Crippen LogP contribution in [0.4, 0.5) is 33.7 Å². The molecule has 2 aliphatic rings. The minimum Gasteiger partial charge on any atom is -0.474 e. The molecule has 0 spiro atoms. The van der Waals surface area contributed by atoms with Gasteiger partial charge < -0.3 is 29.7 Å². The lowest BCUT2D eigenvalue weighted by Crippen LogP contribution is -2.36. The smallest absolute Gasteiger partial charge is 0.393 e. The molecule has 0 bridgehead atoms. The van der Waals surface area contributed by atoms with E-state index in [0.717, 1.165) is 4.90 Å². The number of aliphatic hydroxyl groups is 1. The molecule has 2 aliphatic heterocycles. The number of alkyl halides is 3. The van der Waals surface area contributed by atoms with Gasteiger partial charge in [0, 0.05) is 37.9 Å². The molecule has 2 fully saturated rings. The Balaban J connectivity index is 1.60. The van der Waals surface area contributed by atoms with Crippen LogP contribution in [-0.2, 0) is 4.74 Å². The van der Waals surface area contributed by atoms with Gasteiger partial charge in [0.05, 0.1) is 31.4 Å². The van der Waals surface area contributed by atoms with E-state index in [1.54, 1.807) is 13.1 Å². The van der Waals surface area contributed by atoms with Gasteiger partial charge in [-0.3, -0.25) is 0 Å². The van der Waals surface area contributed by atoms with Crippen molar-refractivity contribution in [3.05, 3.63) is 35.8 Å². The van der Waals surface area contributed by atoms with E-state index in [0.29, 0.717) is 54.6 Å². The van der Waals surface area contributed by atoms with Crippen LogP contribution in [0.15, 0.2) is 24.4 Å². The number of carbonyl (C=O) groups excluding carboxylic acids is 1. The molecule has 4 rings (SSSR count). The van der Waals surface area contributed by atoms with Crippen LogP contribution in [0.2, 0.25) is 0 Å². The van der Waals surface area contributed by atoms with Crippen LogP contribution >= 0.6 is 0 Å². The summed E-state index contributed by atoms with van der Waals surface area (Å²) in [6.45, 7) is 3.37. The second kappa shape index (κ2) is 10.9. The standard InChI is InChI=1S/C24H28F4N4O4/c1-15-10-19(25)20(30-23(34)32-3-2-17(14-32)24(26,27)28)12-18(15)16-11-21(31-4-7-35-8-5-31)22(29-13-16)36-9-6-33/h10-13,17,33H,2-9,14H2,1H3,(H,30,34). The summed E-state index contributed by atoms with van der Waals surface area (Å²) in [5.41, 5.74) is 2.37. The lowest BCUT2D eigenvalue weighted by molar-refractivity contribution is -0.169. The number of nitrogens with one attached hydrogen (secondary N) is 1. The molecule has 12 heteroatoms. The fourth-order valence-corrected chi connectivity index (χ4v) is 4.36. The highest BCUT2D eigenvalue weighted by Gasteiger charge is 2.44. The number of morpholine rings is 1. The maximum Gasteiger partial charge on any atom is 0.393 e. The van der Waals surface area contributed by atoms with Gasteiger partial charge in [0.2, 0.25) is 5.88 Å². The molecule has 36 heavy (non-hydrogen) atoms. The van der Waals surface area contributed by atoms with E-state index in [9.17, 15) is 22.4 Å². The quantitative estimate of drug-likeness (QED) is 0.573. The first-order valence-electron chi connectivity index (χ1n) is 11.7. The van der Waals surface area contributed by atoms with Crippen molar-refractivity contribution in [1.29, 1.82) is 0 Å². The first kappa shape index (κ1) is 26.0. The fourth-order valence-electron chi connectivity index (χ4n) is 4.36. The van der Waals surface area contributed by atoms with E-state index in [4.69, 9.17) is 14.6 Å². The van der Waals surface area contributed by atoms with Gasteiger partial charge in [-0.1, -0.05) is 0 Å². The van der Waals surface area contributed by atoms with Crippen molar-refractivity contribution in [1.82, 2.24) is 9.88 Å². The summed E-state index contributed by atoms with van der Waals surface area (Å²) in [7, 11) is 0. The lowest BCUT2D eigenvalue weighted by Gasteiger charge is -2.30. The number of carbonyl (C=O) groups is 1. The zero-order valence-electron chi connectivity index (χ0n) is 19.8. The van der Waals surface area contributed by atoms with Crippen LogP contribution in [0.3, 0.4) is 0 Å². The van der Waals surface area contributed by atoms with Crippen LogP contribution in [0.25, 0.3) is 11.1 Å². The highest BCUT2D eigenvalue weighted by atomic mass is 19.4. The third-order valence-electron chi connectivity index (χ3n) is 6.32. The van der Waals surface area contributed by atoms with E-state index in [-0.39, 0.29) is 31.9 Å². The summed E-state index contributed by atoms with van der Waals surface area (Å²) < 4.78 is 64.7. The molecule has 196 valence electrons. The molecule has 1 atom stereocenters. The molecular weight excluding hydrogens is 484 g/mol. The van der Waals surface area contributed by atoms with Crippen molar-refractivity contribution in [3.8, 4) is 17.0 Å². The molecule has 3 heterocycles. The molecule has 8 nitrogen and oxygen atoms in total. The maximum absolute atomic E-state index is 14.7. The molecule has 1 aromatic carbocycles. The molecule has 0 radical (unpaired) electrons. The number of amides is 2. The second-order valence-electron chi connectivity index (χ2n) is 8.77.